The topological polar surface area (TPSA) is 77.0 Å². The van der Waals surface area contributed by atoms with E-state index in [2.05, 4.69) is 10.5 Å². The number of hydrogen-bond acceptors (Lipinski definition) is 5. The van der Waals surface area contributed by atoms with Crippen LogP contribution in [0.4, 0.5) is 13.2 Å². The van der Waals surface area contributed by atoms with E-state index in [-0.39, 0.29) is 31.4 Å². The third kappa shape index (κ3) is 5.59. The fraction of sp³-hybridized carbons (Fsp3) is 0.286. The lowest BCUT2D eigenvalue weighted by Gasteiger charge is -2.10. The summed E-state index contributed by atoms with van der Waals surface area (Å²) in [6.45, 7) is 1.89. The normalized spacial score (nSPS) is 17.1. The molecule has 2 amide bonds. The first-order valence-corrected chi connectivity index (χ1v) is 9.12. The van der Waals surface area contributed by atoms with E-state index >= 15 is 0 Å². The number of amides is 2. The van der Waals surface area contributed by atoms with Crippen LogP contribution in [0.25, 0.3) is 0 Å². The van der Waals surface area contributed by atoms with Crippen molar-refractivity contribution in [2.45, 2.75) is 26.1 Å². The number of carbonyl (C=O) groups excluding carboxylic acids is 2. The Morgan fingerprint density at radius 2 is 1.77 bits per heavy atom. The summed E-state index contributed by atoms with van der Waals surface area (Å²) in [6, 6.07) is 11.6. The maximum absolute atomic E-state index is 12.6. The Morgan fingerprint density at radius 1 is 1.10 bits per heavy atom. The number of imide groups is 1. The average molecular weight is 420 g/mol. The van der Waals surface area contributed by atoms with Gasteiger partial charge >= 0.3 is 6.18 Å². The number of halogens is 3. The van der Waals surface area contributed by atoms with Crippen LogP contribution in [0.15, 0.2) is 53.7 Å². The molecule has 2 aromatic carbocycles. The molecule has 30 heavy (non-hydrogen) atoms. The molecule has 1 unspecified atom stereocenters. The summed E-state index contributed by atoms with van der Waals surface area (Å²) in [6.07, 6.45) is -4.25. The number of nitrogens with zero attached hydrogens (tertiary/aromatic N) is 1. The van der Waals surface area contributed by atoms with Gasteiger partial charge in [0.1, 0.15) is 19.0 Å². The van der Waals surface area contributed by atoms with Crippen LogP contribution in [-0.4, -0.2) is 24.1 Å². The van der Waals surface area contributed by atoms with Crippen molar-refractivity contribution in [1.29, 1.82) is 0 Å². The molecule has 9 heteroatoms. The highest BCUT2D eigenvalue weighted by Crippen LogP contribution is 2.29. The second kappa shape index (κ2) is 8.98. The summed E-state index contributed by atoms with van der Waals surface area (Å²) in [5, 5.41) is 6.21. The van der Waals surface area contributed by atoms with Gasteiger partial charge < -0.3 is 9.57 Å². The number of alkyl halides is 3. The summed E-state index contributed by atoms with van der Waals surface area (Å²) >= 11 is 0. The molecular formula is C21H19F3N2O4. The minimum absolute atomic E-state index is 0.0405. The van der Waals surface area contributed by atoms with Gasteiger partial charge in [0.15, 0.2) is 0 Å². The lowest BCUT2D eigenvalue weighted by atomic mass is 10.1. The van der Waals surface area contributed by atoms with E-state index in [1.165, 1.54) is 12.1 Å². The number of nitrogens with one attached hydrogen (secondary N) is 1. The summed E-state index contributed by atoms with van der Waals surface area (Å²) in [5.41, 5.74) is 1.20. The molecule has 0 aromatic heterocycles. The van der Waals surface area contributed by atoms with Crippen LogP contribution in [0, 0.1) is 5.92 Å². The molecule has 1 N–H and O–H groups in total. The molecular weight excluding hydrogens is 401 g/mol. The molecule has 0 bridgehead atoms. The molecule has 1 atom stereocenters. The van der Waals surface area contributed by atoms with Gasteiger partial charge in [0.05, 0.1) is 17.2 Å². The van der Waals surface area contributed by atoms with Crippen LogP contribution in [0.3, 0.4) is 0 Å². The lowest BCUT2D eigenvalue weighted by molar-refractivity contribution is -0.137. The first-order chi connectivity index (χ1) is 14.2. The molecule has 0 radical (unpaired) electrons. The van der Waals surface area contributed by atoms with Crippen molar-refractivity contribution in [1.82, 2.24) is 5.32 Å². The Bertz CT molecular complexity index is 938. The third-order valence-electron chi connectivity index (χ3n) is 4.50. The number of benzene rings is 2. The summed E-state index contributed by atoms with van der Waals surface area (Å²) in [7, 11) is 0. The Labute approximate surface area is 170 Å². The molecule has 0 spiro atoms. The fourth-order valence-corrected chi connectivity index (χ4v) is 2.78. The molecule has 1 heterocycles. The zero-order valence-corrected chi connectivity index (χ0v) is 16.0. The molecule has 2 aromatic rings. The molecule has 3 rings (SSSR count). The highest BCUT2D eigenvalue weighted by Gasteiger charge is 2.31. The highest BCUT2D eigenvalue weighted by molar-refractivity contribution is 6.03. The number of hydrogen-bond donors (Lipinski definition) is 1. The van der Waals surface area contributed by atoms with Crippen molar-refractivity contribution < 1.29 is 32.3 Å². The highest BCUT2D eigenvalue weighted by atomic mass is 19.4. The van der Waals surface area contributed by atoms with Gasteiger partial charge in [-0.25, -0.2) is 0 Å². The van der Waals surface area contributed by atoms with Crippen molar-refractivity contribution in [3.63, 3.8) is 0 Å². The van der Waals surface area contributed by atoms with Gasteiger partial charge in [0.25, 0.3) is 0 Å². The Balaban J connectivity index is 1.50. The van der Waals surface area contributed by atoms with Gasteiger partial charge in [-0.1, -0.05) is 17.3 Å². The van der Waals surface area contributed by atoms with Crippen LogP contribution in [0.1, 0.15) is 30.0 Å². The van der Waals surface area contributed by atoms with Gasteiger partial charge in [-0.3, -0.25) is 14.9 Å². The number of oxime groups is 1. The second-order valence-electron chi connectivity index (χ2n) is 6.79. The van der Waals surface area contributed by atoms with Crippen molar-refractivity contribution in [2.24, 2.45) is 11.1 Å². The van der Waals surface area contributed by atoms with E-state index < -0.39 is 17.7 Å². The molecule has 1 saturated heterocycles. The van der Waals surface area contributed by atoms with E-state index in [9.17, 15) is 22.8 Å². The Kier molecular flexibility index (Phi) is 6.39. The summed E-state index contributed by atoms with van der Waals surface area (Å²) in [5.74, 6) is -0.569. The van der Waals surface area contributed by atoms with Crippen LogP contribution in [-0.2, 0) is 27.2 Å². The Hall–Kier alpha value is -3.36. The van der Waals surface area contributed by atoms with Gasteiger partial charge in [0.2, 0.25) is 11.8 Å². The molecule has 0 saturated carbocycles. The van der Waals surface area contributed by atoms with E-state index in [1.54, 1.807) is 31.2 Å². The number of ether oxygens (including phenoxy) is 1. The minimum atomic E-state index is -4.37. The van der Waals surface area contributed by atoms with Crippen LogP contribution in [0.2, 0.25) is 0 Å². The van der Waals surface area contributed by atoms with E-state index in [1.807, 2.05) is 0 Å². The smallest absolute Gasteiger partial charge is 0.416 e. The number of carbonyl (C=O) groups is 2. The first-order valence-electron chi connectivity index (χ1n) is 9.12. The van der Waals surface area contributed by atoms with E-state index in [0.717, 1.165) is 17.7 Å². The first kappa shape index (κ1) is 21.4. The van der Waals surface area contributed by atoms with Crippen molar-refractivity contribution in [2.75, 3.05) is 6.61 Å². The standard InChI is InChI=1S/C21H19F3N2O4/c1-13(26-30-11-14-2-6-17(7-3-14)21(22,23)24)15-4-8-18(9-5-15)29-12-16-10-19(27)25-20(16)28/h2-9,16H,10-12H2,1H3,(H,25,27,28). The van der Waals surface area contributed by atoms with Crippen molar-refractivity contribution >= 4 is 17.5 Å². The van der Waals surface area contributed by atoms with Crippen LogP contribution in [0.5, 0.6) is 5.75 Å². The van der Waals surface area contributed by atoms with Gasteiger partial charge in [-0.15, -0.1) is 0 Å². The predicted molar refractivity (Wildman–Crippen MR) is 102 cm³/mol. The Morgan fingerprint density at radius 3 is 2.33 bits per heavy atom. The van der Waals surface area contributed by atoms with E-state index in [4.69, 9.17) is 9.57 Å². The minimum Gasteiger partial charge on any atom is -0.493 e. The van der Waals surface area contributed by atoms with E-state index in [0.29, 0.717) is 17.0 Å². The zero-order chi connectivity index (χ0) is 21.7. The maximum Gasteiger partial charge on any atom is 0.416 e. The molecule has 158 valence electrons. The number of rotatable bonds is 7. The molecule has 1 aliphatic rings. The van der Waals surface area contributed by atoms with Crippen molar-refractivity contribution in [3.05, 3.63) is 65.2 Å². The molecule has 1 aliphatic heterocycles. The fourth-order valence-electron chi connectivity index (χ4n) is 2.78. The average Bonchev–Trinajstić information content (AvgIpc) is 3.03. The van der Waals surface area contributed by atoms with Gasteiger partial charge in [-0.2, -0.15) is 13.2 Å². The quantitative estimate of drug-likeness (QED) is 0.421. The monoisotopic (exact) mass is 420 g/mol. The molecule has 6 nitrogen and oxygen atoms in total. The molecule has 0 aliphatic carbocycles. The SMILES string of the molecule is CC(=NOCc1ccc(C(F)(F)F)cc1)c1ccc(OCC2CC(=O)NC2=O)cc1. The predicted octanol–water partition coefficient (Wildman–Crippen LogP) is 3.69. The summed E-state index contributed by atoms with van der Waals surface area (Å²) < 4.78 is 43.2. The van der Waals surface area contributed by atoms with Crippen LogP contribution >= 0.6 is 0 Å². The maximum atomic E-state index is 12.6. The summed E-state index contributed by atoms with van der Waals surface area (Å²) in [4.78, 5) is 27.9. The van der Waals surface area contributed by atoms with Crippen molar-refractivity contribution in [3.8, 4) is 5.75 Å². The van der Waals surface area contributed by atoms with Crippen LogP contribution < -0.4 is 10.1 Å². The molecule has 1 fully saturated rings. The third-order valence-corrected chi connectivity index (χ3v) is 4.50. The van der Waals surface area contributed by atoms with Gasteiger partial charge in [0, 0.05) is 6.42 Å². The largest absolute Gasteiger partial charge is 0.493 e. The van der Waals surface area contributed by atoms with Gasteiger partial charge in [-0.05, 0) is 54.4 Å². The lowest BCUT2D eigenvalue weighted by Crippen LogP contribution is -2.24. The second-order valence-corrected chi connectivity index (χ2v) is 6.79. The zero-order valence-electron chi connectivity index (χ0n) is 16.0.